The fourth-order valence-corrected chi connectivity index (χ4v) is 1.80. The smallest absolute Gasteiger partial charge is 0.222 e. The lowest BCUT2D eigenvalue weighted by molar-refractivity contribution is 0.456. The van der Waals surface area contributed by atoms with Gasteiger partial charge in [0.1, 0.15) is 0 Å². The molecule has 0 saturated heterocycles. The average molecular weight is 660 g/mol. The molecule has 10 heteroatoms. The zero-order valence-electron chi connectivity index (χ0n) is 7.83. The van der Waals surface area contributed by atoms with E-state index in [0.29, 0.717) is 0 Å². The van der Waals surface area contributed by atoms with E-state index in [1.54, 1.807) is 0 Å². The summed E-state index contributed by atoms with van der Waals surface area (Å²) in [5.74, 6) is 1.59. The first-order valence-corrected chi connectivity index (χ1v) is 7.60. The monoisotopic (exact) mass is 660 g/mol. The SMILES string of the molecule is CN(I)C1=NC(N(C)I)N=C(N(I)I)N1. The van der Waals surface area contributed by atoms with Crippen LogP contribution in [0.5, 0.6) is 0 Å². The first-order chi connectivity index (χ1) is 6.91. The van der Waals surface area contributed by atoms with Crippen LogP contribution in [0.4, 0.5) is 0 Å². The maximum Gasteiger partial charge on any atom is 0.222 e. The Kier molecular flexibility index (Phi) is 6.39. The fourth-order valence-electron chi connectivity index (χ4n) is 0.814. The van der Waals surface area contributed by atoms with Crippen LogP contribution >= 0.6 is 91.5 Å². The van der Waals surface area contributed by atoms with Gasteiger partial charge in [-0.15, -0.1) is 0 Å². The predicted molar refractivity (Wildman–Crippen MR) is 95.2 cm³/mol. The lowest BCUT2D eigenvalue weighted by Crippen LogP contribution is -2.46. The summed E-state index contributed by atoms with van der Waals surface area (Å²) in [5, 5.41) is 3.14. The van der Waals surface area contributed by atoms with Crippen molar-refractivity contribution < 1.29 is 0 Å². The van der Waals surface area contributed by atoms with E-state index in [9.17, 15) is 0 Å². The summed E-state index contributed by atoms with van der Waals surface area (Å²) in [6, 6.07) is 0. The summed E-state index contributed by atoms with van der Waals surface area (Å²) >= 11 is 8.66. The minimum atomic E-state index is -0.180. The summed E-state index contributed by atoms with van der Waals surface area (Å²) in [6.07, 6.45) is -0.180. The quantitative estimate of drug-likeness (QED) is 0.347. The van der Waals surface area contributed by atoms with Crippen molar-refractivity contribution in [3.63, 3.8) is 0 Å². The van der Waals surface area contributed by atoms with E-state index in [1.807, 2.05) is 21.6 Å². The van der Waals surface area contributed by atoms with Crippen molar-refractivity contribution >= 4 is 103 Å². The van der Waals surface area contributed by atoms with Gasteiger partial charge in [0.2, 0.25) is 18.2 Å². The molecular weight excluding hydrogens is 652 g/mol. The number of rotatable bonds is 1. The molecule has 0 saturated carbocycles. The molecule has 15 heavy (non-hydrogen) atoms. The molecule has 1 atom stereocenters. The van der Waals surface area contributed by atoms with Crippen molar-refractivity contribution in [1.29, 1.82) is 0 Å². The molecule has 86 valence electrons. The number of nitrogens with zero attached hydrogens (tertiary/aromatic N) is 5. The van der Waals surface area contributed by atoms with Gasteiger partial charge in [0.25, 0.3) is 0 Å². The van der Waals surface area contributed by atoms with Crippen molar-refractivity contribution in [3.8, 4) is 0 Å². The van der Waals surface area contributed by atoms with E-state index in [4.69, 9.17) is 0 Å². The van der Waals surface area contributed by atoms with Gasteiger partial charge in [-0.05, 0) is 0 Å². The van der Waals surface area contributed by atoms with E-state index < -0.39 is 0 Å². The Morgan fingerprint density at radius 3 is 2.00 bits per heavy atom. The van der Waals surface area contributed by atoms with E-state index in [-0.39, 0.29) is 6.29 Å². The lowest BCUT2D eigenvalue weighted by Gasteiger charge is -2.27. The zero-order chi connectivity index (χ0) is 11.6. The highest BCUT2D eigenvalue weighted by molar-refractivity contribution is 14.2. The Hall–Kier alpha value is 1.62. The van der Waals surface area contributed by atoms with Crippen molar-refractivity contribution in [1.82, 2.24) is 12.9 Å². The van der Waals surface area contributed by atoms with E-state index in [2.05, 4.69) is 107 Å². The van der Waals surface area contributed by atoms with Gasteiger partial charge in [-0.1, -0.05) is 0 Å². The van der Waals surface area contributed by atoms with Gasteiger partial charge in [0, 0.05) is 37.0 Å². The molecule has 1 aliphatic heterocycles. The Balaban J connectivity index is 2.89. The Labute approximate surface area is 144 Å². The van der Waals surface area contributed by atoms with Gasteiger partial charge in [0.05, 0.1) is 68.6 Å². The second kappa shape index (κ2) is 6.53. The maximum atomic E-state index is 4.44. The van der Waals surface area contributed by atoms with Gasteiger partial charge in [-0.2, -0.15) is 0 Å². The molecular formula is C5H8I4N6. The number of aliphatic imine (C=N–C) groups is 2. The van der Waals surface area contributed by atoms with Gasteiger partial charge in [-0.3, -0.25) is 8.43 Å². The van der Waals surface area contributed by atoms with E-state index in [0.717, 1.165) is 11.9 Å². The van der Waals surface area contributed by atoms with Gasteiger partial charge < -0.3 is 0 Å². The summed E-state index contributed by atoms with van der Waals surface area (Å²) in [4.78, 5) is 8.87. The van der Waals surface area contributed by atoms with Crippen molar-refractivity contribution in [2.45, 2.75) is 6.29 Å². The minimum absolute atomic E-state index is 0.180. The fraction of sp³-hybridized carbons (Fsp3) is 0.600. The maximum absolute atomic E-state index is 4.44. The molecule has 0 aromatic carbocycles. The van der Waals surface area contributed by atoms with E-state index >= 15 is 0 Å². The first kappa shape index (κ1) is 14.7. The Bertz CT molecular complexity index is 263. The van der Waals surface area contributed by atoms with Crippen molar-refractivity contribution in [3.05, 3.63) is 0 Å². The summed E-state index contributed by atoms with van der Waals surface area (Å²) in [6.45, 7) is 0. The van der Waals surface area contributed by atoms with Crippen LogP contribution in [0.3, 0.4) is 0 Å². The van der Waals surface area contributed by atoms with Crippen molar-refractivity contribution in [2.75, 3.05) is 14.1 Å². The van der Waals surface area contributed by atoms with Crippen LogP contribution in [0.15, 0.2) is 9.98 Å². The molecule has 0 spiro atoms. The summed E-state index contributed by atoms with van der Waals surface area (Å²) in [5.41, 5.74) is 0. The second-order valence-corrected chi connectivity index (χ2v) is 9.36. The summed E-state index contributed by atoms with van der Waals surface area (Å²) < 4.78 is 5.70. The molecule has 0 radical (unpaired) electrons. The second-order valence-electron chi connectivity index (χ2n) is 2.61. The van der Waals surface area contributed by atoms with Crippen LogP contribution in [0.2, 0.25) is 0 Å². The zero-order valence-corrected chi connectivity index (χ0v) is 16.5. The van der Waals surface area contributed by atoms with Gasteiger partial charge in [-0.25, -0.2) is 14.4 Å². The Morgan fingerprint density at radius 2 is 1.60 bits per heavy atom. The predicted octanol–water partition coefficient (Wildman–Crippen LogP) is 2.15. The van der Waals surface area contributed by atoms with Crippen LogP contribution < -0.4 is 5.32 Å². The molecule has 1 aliphatic rings. The number of hydrogen-bond donors (Lipinski definition) is 1. The summed E-state index contributed by atoms with van der Waals surface area (Å²) in [7, 11) is 3.88. The molecule has 1 unspecified atom stereocenters. The highest BCUT2D eigenvalue weighted by Gasteiger charge is 2.22. The molecule has 0 fully saturated rings. The number of hydrogen-bond acceptors (Lipinski definition) is 6. The van der Waals surface area contributed by atoms with Crippen LogP contribution in [0.1, 0.15) is 0 Å². The molecule has 0 bridgehead atoms. The van der Waals surface area contributed by atoms with E-state index in [1.165, 1.54) is 0 Å². The van der Waals surface area contributed by atoms with Gasteiger partial charge in [0.15, 0.2) is 0 Å². The topological polar surface area (TPSA) is 46.5 Å². The lowest BCUT2D eigenvalue weighted by atomic mass is 10.7. The van der Waals surface area contributed by atoms with Crippen LogP contribution in [-0.4, -0.2) is 39.9 Å². The molecule has 0 aromatic heterocycles. The number of nitrogens with one attached hydrogen (secondary N) is 1. The third kappa shape index (κ3) is 4.41. The largest absolute Gasteiger partial charge is 0.295 e. The minimum Gasteiger partial charge on any atom is -0.295 e. The highest BCUT2D eigenvalue weighted by Crippen LogP contribution is 2.16. The standard InChI is InChI=1S/C5H8I4N6/c1-13(6)3-10-4(14(2)7)12-5(11-3)15(8)9/h3H,1-2H3,(H,10,11,12). The molecule has 0 aliphatic carbocycles. The van der Waals surface area contributed by atoms with Crippen LogP contribution in [0.25, 0.3) is 0 Å². The number of halogens is 4. The molecule has 1 rings (SSSR count). The van der Waals surface area contributed by atoms with Gasteiger partial charge >= 0.3 is 0 Å². The number of guanidine groups is 2. The van der Waals surface area contributed by atoms with Crippen LogP contribution in [0, 0.1) is 0 Å². The first-order valence-electron chi connectivity index (χ1n) is 3.74. The highest BCUT2D eigenvalue weighted by atomic mass is 127. The van der Waals surface area contributed by atoms with Crippen LogP contribution in [-0.2, 0) is 0 Å². The normalized spacial score (nSPS) is 20.6. The average Bonchev–Trinajstić information content (AvgIpc) is 2.16. The third-order valence-corrected chi connectivity index (χ3v) is 3.34. The molecule has 0 amide bonds. The molecule has 1 N–H and O–H groups in total. The Morgan fingerprint density at radius 1 is 1.07 bits per heavy atom. The van der Waals surface area contributed by atoms with Crippen molar-refractivity contribution in [2.24, 2.45) is 9.98 Å². The third-order valence-electron chi connectivity index (χ3n) is 1.47. The molecule has 1 heterocycles. The molecule has 6 nitrogen and oxygen atoms in total. The molecule has 0 aromatic rings.